The van der Waals surface area contributed by atoms with Gasteiger partial charge in [-0.05, 0) is 79.4 Å². The van der Waals surface area contributed by atoms with Crippen molar-refractivity contribution in [3.63, 3.8) is 0 Å². The Morgan fingerprint density at radius 1 is 1.03 bits per heavy atom. The average molecular weight is 480 g/mol. The van der Waals surface area contributed by atoms with Crippen molar-refractivity contribution in [1.82, 2.24) is 5.43 Å². The van der Waals surface area contributed by atoms with Crippen molar-refractivity contribution in [2.45, 2.75) is 32.1 Å². The topological polar surface area (TPSA) is 88.1 Å². The zero-order valence-electron chi connectivity index (χ0n) is 19.6. The number of hydrogen-bond donors (Lipinski definition) is 1. The van der Waals surface area contributed by atoms with Crippen LogP contribution in [0.2, 0.25) is 0 Å². The van der Waals surface area contributed by atoms with Crippen molar-refractivity contribution in [2.75, 3.05) is 17.5 Å². The molecule has 3 rings (SSSR count). The standard InChI is InChI=1S/C26H29N3O4S/c1-4-16-33-23-14-12-22(13-15-23)18-27-28-26(30)19-29(25-17-20(2)10-11-21(25)3)34(31,32)24-8-6-5-7-9-24/h5-15,17-18H,4,16,19H2,1-3H3,(H,28,30)/b27-18-. The molecule has 0 aliphatic rings. The predicted molar refractivity (Wildman–Crippen MR) is 135 cm³/mol. The molecule has 178 valence electrons. The molecule has 0 saturated carbocycles. The van der Waals surface area contributed by atoms with E-state index in [2.05, 4.69) is 10.5 Å². The number of amides is 1. The molecule has 34 heavy (non-hydrogen) atoms. The highest BCUT2D eigenvalue weighted by Crippen LogP contribution is 2.27. The van der Waals surface area contributed by atoms with Crippen molar-refractivity contribution >= 4 is 27.8 Å². The third kappa shape index (κ3) is 6.45. The molecule has 1 amide bonds. The molecule has 0 aliphatic heterocycles. The van der Waals surface area contributed by atoms with Crippen LogP contribution in [0.3, 0.4) is 0 Å². The lowest BCUT2D eigenvalue weighted by molar-refractivity contribution is -0.119. The largest absolute Gasteiger partial charge is 0.494 e. The first-order valence-electron chi connectivity index (χ1n) is 11.0. The van der Waals surface area contributed by atoms with Gasteiger partial charge in [-0.3, -0.25) is 9.10 Å². The van der Waals surface area contributed by atoms with Gasteiger partial charge in [0, 0.05) is 0 Å². The molecule has 0 unspecified atom stereocenters. The van der Waals surface area contributed by atoms with Gasteiger partial charge in [0.25, 0.3) is 15.9 Å². The van der Waals surface area contributed by atoms with Gasteiger partial charge in [0.15, 0.2) is 0 Å². The maximum atomic E-state index is 13.4. The SMILES string of the molecule is CCCOc1ccc(/C=N\NC(=O)CN(c2cc(C)ccc2C)S(=O)(=O)c2ccccc2)cc1. The summed E-state index contributed by atoms with van der Waals surface area (Å²) in [6.07, 6.45) is 2.42. The molecular weight excluding hydrogens is 450 g/mol. The molecule has 0 atom stereocenters. The second-order valence-corrected chi connectivity index (χ2v) is 9.69. The summed E-state index contributed by atoms with van der Waals surface area (Å²) in [5.41, 5.74) is 5.28. The Kier molecular flexibility index (Phi) is 8.43. The third-order valence-electron chi connectivity index (χ3n) is 5.01. The summed E-state index contributed by atoms with van der Waals surface area (Å²) < 4.78 is 33.5. The molecule has 0 spiro atoms. The molecule has 0 heterocycles. The Labute approximate surface area is 201 Å². The van der Waals surface area contributed by atoms with E-state index in [1.165, 1.54) is 18.3 Å². The van der Waals surface area contributed by atoms with E-state index in [-0.39, 0.29) is 4.90 Å². The van der Waals surface area contributed by atoms with Crippen LogP contribution in [-0.2, 0) is 14.8 Å². The molecule has 3 aromatic carbocycles. The maximum absolute atomic E-state index is 13.4. The van der Waals surface area contributed by atoms with E-state index >= 15 is 0 Å². The number of hydrogen-bond acceptors (Lipinski definition) is 5. The molecule has 8 heteroatoms. The summed E-state index contributed by atoms with van der Waals surface area (Å²) in [4.78, 5) is 12.8. The number of carbonyl (C=O) groups is 1. The summed E-state index contributed by atoms with van der Waals surface area (Å²) >= 11 is 0. The van der Waals surface area contributed by atoms with Crippen LogP contribution in [0.15, 0.2) is 82.8 Å². The van der Waals surface area contributed by atoms with Crippen molar-refractivity contribution in [1.29, 1.82) is 0 Å². The average Bonchev–Trinajstić information content (AvgIpc) is 2.84. The van der Waals surface area contributed by atoms with Crippen molar-refractivity contribution < 1.29 is 17.9 Å². The molecule has 0 fully saturated rings. The fourth-order valence-corrected chi connectivity index (χ4v) is 4.72. The number of sulfonamides is 1. The lowest BCUT2D eigenvalue weighted by Crippen LogP contribution is -2.40. The zero-order valence-corrected chi connectivity index (χ0v) is 20.4. The van der Waals surface area contributed by atoms with E-state index < -0.39 is 22.5 Å². The van der Waals surface area contributed by atoms with E-state index in [1.54, 1.807) is 24.3 Å². The number of anilines is 1. The number of rotatable bonds is 10. The van der Waals surface area contributed by atoms with Gasteiger partial charge < -0.3 is 4.74 Å². The third-order valence-corrected chi connectivity index (χ3v) is 6.78. The Bertz CT molecular complexity index is 1240. The number of benzene rings is 3. The highest BCUT2D eigenvalue weighted by Gasteiger charge is 2.28. The van der Waals surface area contributed by atoms with Gasteiger partial charge >= 0.3 is 0 Å². The fraction of sp³-hybridized carbons (Fsp3) is 0.231. The molecule has 1 N–H and O–H groups in total. The minimum Gasteiger partial charge on any atom is -0.494 e. The van der Waals surface area contributed by atoms with Crippen LogP contribution in [0, 0.1) is 13.8 Å². The Morgan fingerprint density at radius 2 is 1.74 bits per heavy atom. The molecule has 7 nitrogen and oxygen atoms in total. The number of ether oxygens (including phenoxy) is 1. The van der Waals surface area contributed by atoms with Crippen LogP contribution in [0.5, 0.6) is 5.75 Å². The molecule has 0 saturated heterocycles. The van der Waals surface area contributed by atoms with Gasteiger partial charge in [0.05, 0.1) is 23.4 Å². The van der Waals surface area contributed by atoms with E-state index in [4.69, 9.17) is 4.74 Å². The van der Waals surface area contributed by atoms with Gasteiger partial charge in [-0.1, -0.05) is 37.3 Å². The molecule has 0 aliphatic carbocycles. The highest BCUT2D eigenvalue weighted by molar-refractivity contribution is 7.92. The van der Waals surface area contributed by atoms with Gasteiger partial charge in [0.2, 0.25) is 0 Å². The minimum absolute atomic E-state index is 0.109. The summed E-state index contributed by atoms with van der Waals surface area (Å²) in [7, 11) is -3.97. The van der Waals surface area contributed by atoms with Crippen LogP contribution >= 0.6 is 0 Å². The summed E-state index contributed by atoms with van der Waals surface area (Å²) in [5, 5.41) is 3.99. The maximum Gasteiger partial charge on any atom is 0.264 e. The summed E-state index contributed by atoms with van der Waals surface area (Å²) in [5.74, 6) is 0.206. The monoisotopic (exact) mass is 479 g/mol. The first kappa shape index (κ1) is 25.0. The lowest BCUT2D eigenvalue weighted by atomic mass is 10.1. The predicted octanol–water partition coefficient (Wildman–Crippen LogP) is 4.44. The second-order valence-electron chi connectivity index (χ2n) is 7.83. The van der Waals surface area contributed by atoms with Crippen LogP contribution in [-0.4, -0.2) is 33.7 Å². The lowest BCUT2D eigenvalue weighted by Gasteiger charge is -2.25. The van der Waals surface area contributed by atoms with Gasteiger partial charge in [-0.2, -0.15) is 5.10 Å². The molecular formula is C26H29N3O4S. The summed E-state index contributed by atoms with van der Waals surface area (Å²) in [6, 6.07) is 20.9. The van der Waals surface area contributed by atoms with Crippen LogP contribution in [0.1, 0.15) is 30.0 Å². The number of nitrogens with one attached hydrogen (secondary N) is 1. The quantitative estimate of drug-likeness (QED) is 0.344. The first-order chi connectivity index (χ1) is 16.3. The normalized spacial score (nSPS) is 11.4. The van der Waals surface area contributed by atoms with Crippen LogP contribution in [0.4, 0.5) is 5.69 Å². The van der Waals surface area contributed by atoms with E-state index in [1.807, 2.05) is 57.2 Å². The molecule has 0 bridgehead atoms. The number of nitrogens with zero attached hydrogens (tertiary/aromatic N) is 2. The van der Waals surface area contributed by atoms with E-state index in [9.17, 15) is 13.2 Å². The van der Waals surface area contributed by atoms with Crippen molar-refractivity contribution in [3.8, 4) is 5.75 Å². The number of aryl methyl sites for hydroxylation is 2. The fourth-order valence-electron chi connectivity index (χ4n) is 3.22. The van der Waals surface area contributed by atoms with E-state index in [0.29, 0.717) is 12.3 Å². The van der Waals surface area contributed by atoms with Crippen molar-refractivity contribution in [2.24, 2.45) is 5.10 Å². The van der Waals surface area contributed by atoms with Crippen LogP contribution in [0.25, 0.3) is 0 Å². The van der Waals surface area contributed by atoms with E-state index in [0.717, 1.165) is 33.2 Å². The van der Waals surface area contributed by atoms with Gasteiger partial charge in [0.1, 0.15) is 12.3 Å². The highest BCUT2D eigenvalue weighted by atomic mass is 32.2. The van der Waals surface area contributed by atoms with Gasteiger partial charge in [-0.25, -0.2) is 13.8 Å². The van der Waals surface area contributed by atoms with Crippen molar-refractivity contribution in [3.05, 3.63) is 89.5 Å². The summed E-state index contributed by atoms with van der Waals surface area (Å²) in [6.45, 7) is 5.95. The number of hydrazone groups is 1. The van der Waals surface area contributed by atoms with Gasteiger partial charge in [-0.15, -0.1) is 0 Å². The first-order valence-corrected chi connectivity index (χ1v) is 12.4. The Morgan fingerprint density at radius 3 is 2.41 bits per heavy atom. The number of carbonyl (C=O) groups excluding carboxylic acids is 1. The van der Waals surface area contributed by atoms with Crippen LogP contribution < -0.4 is 14.5 Å². The minimum atomic E-state index is -3.97. The smallest absolute Gasteiger partial charge is 0.264 e. The Hall–Kier alpha value is -3.65. The Balaban J connectivity index is 1.78. The molecule has 0 aromatic heterocycles. The zero-order chi connectivity index (χ0) is 24.6. The second kappa shape index (κ2) is 11.5. The molecule has 3 aromatic rings. The molecule has 0 radical (unpaired) electrons.